The number of hydrogen-bond donors (Lipinski definition) is 0. The quantitative estimate of drug-likeness (QED) is 0.490. The van der Waals surface area contributed by atoms with Gasteiger partial charge in [0.1, 0.15) is 12.4 Å². The molecule has 0 amide bonds. The second kappa shape index (κ2) is 4.01. The first-order chi connectivity index (χ1) is 6.18. The van der Waals surface area contributed by atoms with Crippen LogP contribution in [0.3, 0.4) is 0 Å². The first-order valence-corrected chi connectivity index (χ1v) is 5.55. The molecule has 5 nitrogen and oxygen atoms in total. The van der Waals surface area contributed by atoms with Gasteiger partial charge in [-0.3, -0.25) is 0 Å². The molecule has 0 aliphatic carbocycles. The van der Waals surface area contributed by atoms with Crippen LogP contribution in [0.15, 0.2) is 18.7 Å². The summed E-state index contributed by atoms with van der Waals surface area (Å²) in [5.41, 5.74) is 0. The Morgan fingerprint density at radius 1 is 1.15 bits per heavy atom. The summed E-state index contributed by atoms with van der Waals surface area (Å²) in [5.74, 6) is 0. The van der Waals surface area contributed by atoms with Crippen molar-refractivity contribution < 1.29 is 17.8 Å². The summed E-state index contributed by atoms with van der Waals surface area (Å²) in [6, 6.07) is 0. The van der Waals surface area contributed by atoms with Gasteiger partial charge in [0.25, 0.3) is 0 Å². The van der Waals surface area contributed by atoms with Crippen LogP contribution in [0.4, 0.5) is 0 Å². The molecule has 0 aliphatic heterocycles. The van der Waals surface area contributed by atoms with Gasteiger partial charge in [-0.1, -0.05) is 0 Å². The average molecular weight is 203 g/mol. The number of rotatable bonds is 4. The van der Waals surface area contributed by atoms with Crippen molar-refractivity contribution in [3.05, 3.63) is 18.7 Å². The Morgan fingerprint density at radius 2 is 1.69 bits per heavy atom. The minimum absolute atomic E-state index is 1.58. The molecule has 1 aromatic heterocycles. The van der Waals surface area contributed by atoms with Crippen molar-refractivity contribution in [1.82, 2.24) is 4.23 Å². The summed E-state index contributed by atoms with van der Waals surface area (Å²) in [4.78, 5) is 0. The largest absolute Gasteiger partial charge is 0.756 e. The highest BCUT2D eigenvalue weighted by Gasteiger charge is 2.50. The molecule has 1 aromatic rings. The Bertz CT molecular complexity index is 264. The van der Waals surface area contributed by atoms with Crippen molar-refractivity contribution in [3.8, 4) is 0 Å². The predicted molar refractivity (Wildman–Crippen MR) is 47.8 cm³/mol. The molecule has 0 atom stereocenters. The minimum Gasteiger partial charge on any atom is -0.341 e. The van der Waals surface area contributed by atoms with Crippen LogP contribution in [0, 0.1) is 0 Å². The van der Waals surface area contributed by atoms with Crippen LogP contribution in [-0.2, 0) is 20.3 Å². The van der Waals surface area contributed by atoms with E-state index in [9.17, 15) is 0 Å². The molecule has 13 heavy (non-hydrogen) atoms. The summed E-state index contributed by atoms with van der Waals surface area (Å²) < 4.78 is 19.6. The van der Waals surface area contributed by atoms with Gasteiger partial charge in [-0.2, -0.15) is 0 Å². The summed E-state index contributed by atoms with van der Waals surface area (Å²) >= 11 is 0. The fourth-order valence-corrected chi connectivity index (χ4v) is 2.88. The lowest BCUT2D eigenvalue weighted by molar-refractivity contribution is -0.670. The van der Waals surface area contributed by atoms with Crippen LogP contribution in [0.25, 0.3) is 0 Å². The summed E-state index contributed by atoms with van der Waals surface area (Å²) in [6.07, 6.45) is 5.63. The topological polar surface area (TPSA) is 36.5 Å². The standard InChI is InChI=1S/C7H15N2O3Si/c1-8-5-6-9(7-8)13(10-2,11-3)12-4/h5-7H,1-4H3/q+1. The van der Waals surface area contributed by atoms with E-state index in [1.165, 1.54) is 0 Å². The number of imidazole rings is 1. The van der Waals surface area contributed by atoms with Gasteiger partial charge < -0.3 is 13.3 Å². The normalized spacial score (nSPS) is 12.0. The first-order valence-electron chi connectivity index (χ1n) is 3.87. The van der Waals surface area contributed by atoms with Crippen molar-refractivity contribution in [1.29, 1.82) is 0 Å². The van der Waals surface area contributed by atoms with E-state index in [2.05, 4.69) is 0 Å². The first kappa shape index (κ1) is 10.4. The van der Waals surface area contributed by atoms with E-state index < -0.39 is 8.97 Å². The molecule has 1 rings (SSSR count). The molecule has 0 fully saturated rings. The van der Waals surface area contributed by atoms with E-state index in [1.807, 2.05) is 34.6 Å². The number of hydrogen-bond acceptors (Lipinski definition) is 3. The highest BCUT2D eigenvalue weighted by atomic mass is 28.4. The maximum absolute atomic E-state index is 5.28. The molecule has 0 aliphatic rings. The third-order valence-electron chi connectivity index (χ3n) is 1.86. The summed E-state index contributed by atoms with van der Waals surface area (Å²) in [7, 11) is 4.00. The van der Waals surface area contributed by atoms with Gasteiger partial charge in [0, 0.05) is 21.3 Å². The van der Waals surface area contributed by atoms with E-state index in [4.69, 9.17) is 13.3 Å². The maximum Gasteiger partial charge on any atom is 0.756 e. The molecule has 74 valence electrons. The lowest BCUT2D eigenvalue weighted by Crippen LogP contribution is -2.50. The molecular formula is C7H15N2O3Si+. The van der Waals surface area contributed by atoms with E-state index >= 15 is 0 Å². The lowest BCUT2D eigenvalue weighted by atomic mass is 10.9. The third kappa shape index (κ3) is 1.80. The Labute approximate surface area is 78.9 Å². The zero-order chi connectivity index (χ0) is 9.90. The highest BCUT2D eigenvalue weighted by molar-refractivity contribution is 6.58. The fourth-order valence-electron chi connectivity index (χ4n) is 1.18. The molecule has 0 aromatic carbocycles. The monoisotopic (exact) mass is 203 g/mol. The van der Waals surface area contributed by atoms with E-state index in [0.29, 0.717) is 0 Å². The molecule has 0 radical (unpaired) electrons. The number of aromatic nitrogens is 2. The number of nitrogens with zero attached hydrogens (tertiary/aromatic N) is 2. The maximum atomic E-state index is 5.28. The minimum atomic E-state index is -2.68. The Kier molecular flexibility index (Phi) is 3.20. The second-order valence-electron chi connectivity index (χ2n) is 2.62. The predicted octanol–water partition coefficient (Wildman–Crippen LogP) is -0.465. The molecule has 0 spiro atoms. The molecule has 0 saturated carbocycles. The van der Waals surface area contributed by atoms with Gasteiger partial charge in [-0.25, -0.2) is 8.80 Å². The zero-order valence-electron chi connectivity index (χ0n) is 8.35. The van der Waals surface area contributed by atoms with Crippen LogP contribution in [0.1, 0.15) is 0 Å². The van der Waals surface area contributed by atoms with Gasteiger partial charge >= 0.3 is 8.97 Å². The molecule has 1 heterocycles. The van der Waals surface area contributed by atoms with Crippen LogP contribution in [-0.4, -0.2) is 34.5 Å². The zero-order valence-corrected chi connectivity index (χ0v) is 9.35. The summed E-state index contributed by atoms with van der Waals surface area (Å²) in [6.45, 7) is 0. The fraction of sp³-hybridized carbons (Fsp3) is 0.571. The van der Waals surface area contributed by atoms with E-state index in [-0.39, 0.29) is 0 Å². The molecule has 0 bridgehead atoms. The van der Waals surface area contributed by atoms with Crippen molar-refractivity contribution in [2.75, 3.05) is 21.3 Å². The highest BCUT2D eigenvalue weighted by Crippen LogP contribution is 2.07. The van der Waals surface area contributed by atoms with Crippen molar-refractivity contribution in [2.45, 2.75) is 0 Å². The van der Waals surface area contributed by atoms with Crippen LogP contribution in [0.5, 0.6) is 0 Å². The average Bonchev–Trinajstić information content (AvgIpc) is 2.57. The van der Waals surface area contributed by atoms with Gasteiger partial charge in [0.15, 0.2) is 0 Å². The molecule has 0 saturated heterocycles. The molecule has 0 unspecified atom stereocenters. The Morgan fingerprint density at radius 3 is 2.00 bits per heavy atom. The molecule has 0 N–H and O–H groups in total. The van der Waals surface area contributed by atoms with Crippen molar-refractivity contribution in [2.24, 2.45) is 7.05 Å². The molecular weight excluding hydrogens is 188 g/mol. The molecule has 6 heteroatoms. The van der Waals surface area contributed by atoms with E-state index in [0.717, 1.165) is 0 Å². The smallest absolute Gasteiger partial charge is 0.341 e. The van der Waals surface area contributed by atoms with Gasteiger partial charge in [-0.05, 0) is 0 Å². The second-order valence-corrected chi connectivity index (χ2v) is 5.41. The Balaban J connectivity index is 3.00. The van der Waals surface area contributed by atoms with Gasteiger partial charge in [0.05, 0.1) is 7.05 Å². The summed E-state index contributed by atoms with van der Waals surface area (Å²) in [5, 5.41) is 0. The van der Waals surface area contributed by atoms with E-state index in [1.54, 1.807) is 21.3 Å². The van der Waals surface area contributed by atoms with Crippen molar-refractivity contribution in [3.63, 3.8) is 0 Å². The van der Waals surface area contributed by atoms with Crippen LogP contribution in [0.2, 0.25) is 0 Å². The van der Waals surface area contributed by atoms with Gasteiger partial charge in [0.2, 0.25) is 6.33 Å². The Hall–Kier alpha value is -0.693. The third-order valence-corrected chi connectivity index (χ3v) is 4.30. The lowest BCUT2D eigenvalue weighted by Gasteiger charge is -2.17. The SMILES string of the molecule is CO[Si](OC)(OC)n1cc[n+](C)c1. The van der Waals surface area contributed by atoms with Crippen molar-refractivity contribution >= 4 is 8.97 Å². The number of aryl methyl sites for hydroxylation is 1. The van der Waals surface area contributed by atoms with Crippen LogP contribution >= 0.6 is 0 Å². The van der Waals surface area contributed by atoms with Crippen LogP contribution < -0.4 is 4.57 Å². The van der Waals surface area contributed by atoms with Gasteiger partial charge in [-0.15, -0.1) is 0 Å².